The molecule has 1 saturated heterocycles. The summed E-state index contributed by atoms with van der Waals surface area (Å²) < 4.78 is 4.97. The van der Waals surface area contributed by atoms with Gasteiger partial charge in [-0.25, -0.2) is 0 Å². The molecule has 0 bridgehead atoms. The van der Waals surface area contributed by atoms with E-state index in [4.69, 9.17) is 9.73 Å². The van der Waals surface area contributed by atoms with Crippen molar-refractivity contribution in [2.45, 2.75) is 86.3 Å². The zero-order valence-corrected chi connectivity index (χ0v) is 20.6. The third kappa shape index (κ3) is 10.7. The van der Waals surface area contributed by atoms with Crippen molar-refractivity contribution in [2.24, 2.45) is 16.3 Å². The van der Waals surface area contributed by atoms with Crippen LogP contribution in [0.1, 0.15) is 81.6 Å². The van der Waals surface area contributed by atoms with Crippen LogP contribution in [0, 0.1) is 11.3 Å². The predicted octanol–water partition coefficient (Wildman–Crippen LogP) is 5.87. The van der Waals surface area contributed by atoms with Gasteiger partial charge < -0.3 is 10.1 Å². The van der Waals surface area contributed by atoms with Gasteiger partial charge in [0.1, 0.15) is 0 Å². The average molecular weight is 413 g/mol. The van der Waals surface area contributed by atoms with Crippen LogP contribution in [0.5, 0.6) is 0 Å². The van der Waals surface area contributed by atoms with E-state index >= 15 is 0 Å². The van der Waals surface area contributed by atoms with Crippen LogP contribution in [0.4, 0.5) is 0 Å². The summed E-state index contributed by atoms with van der Waals surface area (Å²) in [6.07, 6.45) is 5.25. The molecule has 1 rings (SSSR count). The number of rotatable bonds is 8. The zero-order valence-electron chi connectivity index (χ0n) is 19.8. The number of aliphatic imine (C=N–C) groups is 1. The van der Waals surface area contributed by atoms with Crippen molar-refractivity contribution in [3.05, 3.63) is 11.8 Å². The quantitative estimate of drug-likeness (QED) is 0.507. The molecule has 0 radical (unpaired) electrons. The Labute approximate surface area is 178 Å². The van der Waals surface area contributed by atoms with Gasteiger partial charge in [-0.1, -0.05) is 41.5 Å². The largest absolute Gasteiger partial charge is 0.381 e. The highest BCUT2D eigenvalue weighted by atomic mass is 32.2. The predicted molar refractivity (Wildman–Crippen MR) is 125 cm³/mol. The molecule has 5 heteroatoms. The Morgan fingerprint density at radius 2 is 1.75 bits per heavy atom. The van der Waals surface area contributed by atoms with Crippen LogP contribution in [0.2, 0.25) is 0 Å². The number of allylic oxidation sites excluding steroid dienone is 2. The van der Waals surface area contributed by atoms with E-state index in [9.17, 15) is 4.79 Å². The van der Waals surface area contributed by atoms with E-state index < -0.39 is 4.75 Å². The van der Waals surface area contributed by atoms with Crippen molar-refractivity contribution in [3.8, 4) is 0 Å². The Kier molecular flexibility index (Phi) is 13.0. The number of amides is 1. The first-order chi connectivity index (χ1) is 13.1. The second-order valence-corrected chi connectivity index (χ2v) is 10.3. The summed E-state index contributed by atoms with van der Waals surface area (Å²) in [7, 11) is 0. The molecule has 0 atom stereocenters. The van der Waals surface area contributed by atoms with E-state index in [1.807, 2.05) is 40.7 Å². The molecule has 0 spiro atoms. The van der Waals surface area contributed by atoms with Gasteiger partial charge in [-0.3, -0.25) is 9.79 Å². The van der Waals surface area contributed by atoms with Gasteiger partial charge in [0.25, 0.3) is 0 Å². The van der Waals surface area contributed by atoms with Crippen molar-refractivity contribution >= 4 is 23.4 Å². The monoisotopic (exact) mass is 412 g/mol. The fourth-order valence-corrected chi connectivity index (χ4v) is 3.77. The van der Waals surface area contributed by atoms with E-state index in [1.54, 1.807) is 11.8 Å². The minimum absolute atomic E-state index is 0.0333. The van der Waals surface area contributed by atoms with Gasteiger partial charge in [0.15, 0.2) is 0 Å². The molecular formula is C23H44N2O2S. The maximum atomic E-state index is 12.8. The van der Waals surface area contributed by atoms with E-state index in [0.717, 1.165) is 56.2 Å². The van der Waals surface area contributed by atoms with Gasteiger partial charge in [0.2, 0.25) is 5.91 Å². The number of carbonyl (C=O) groups is 1. The summed E-state index contributed by atoms with van der Waals surface area (Å²) in [6.45, 7) is 21.1. The molecule has 0 aromatic heterocycles. The highest BCUT2D eigenvalue weighted by Gasteiger charge is 2.30. The number of nitrogens with one attached hydrogen (secondary N) is 1. The molecule has 1 aliphatic heterocycles. The van der Waals surface area contributed by atoms with E-state index in [-0.39, 0.29) is 11.3 Å². The summed E-state index contributed by atoms with van der Waals surface area (Å²) in [5.41, 5.74) is 1.86. The van der Waals surface area contributed by atoms with Gasteiger partial charge in [0, 0.05) is 36.6 Å². The zero-order chi connectivity index (χ0) is 21.8. The third-order valence-corrected chi connectivity index (χ3v) is 6.05. The topological polar surface area (TPSA) is 50.7 Å². The third-order valence-electron chi connectivity index (χ3n) is 4.51. The number of nitrogens with zero attached hydrogens (tertiary/aromatic N) is 1. The summed E-state index contributed by atoms with van der Waals surface area (Å²) in [5.74, 6) is 1.73. The van der Waals surface area contributed by atoms with Crippen LogP contribution in [-0.2, 0) is 9.53 Å². The Morgan fingerprint density at radius 1 is 1.18 bits per heavy atom. The number of hydrogen-bond donors (Lipinski definition) is 1. The lowest BCUT2D eigenvalue weighted by atomic mass is 9.89. The molecule has 1 aliphatic rings. The van der Waals surface area contributed by atoms with Crippen molar-refractivity contribution in [1.82, 2.24) is 5.32 Å². The first-order valence-corrected chi connectivity index (χ1v) is 11.8. The summed E-state index contributed by atoms with van der Waals surface area (Å²) >= 11 is 1.75. The molecular weight excluding hydrogens is 368 g/mol. The molecule has 164 valence electrons. The van der Waals surface area contributed by atoms with Crippen molar-refractivity contribution < 1.29 is 9.53 Å². The van der Waals surface area contributed by atoms with Crippen LogP contribution in [0.25, 0.3) is 0 Å². The number of hydrogen-bond acceptors (Lipinski definition) is 4. The number of ether oxygens (including phenoxy) is 1. The lowest BCUT2D eigenvalue weighted by Gasteiger charge is -2.28. The average Bonchev–Trinajstić information content (AvgIpc) is 2.65. The minimum atomic E-state index is -0.449. The van der Waals surface area contributed by atoms with Gasteiger partial charge >= 0.3 is 0 Å². The summed E-state index contributed by atoms with van der Waals surface area (Å²) in [4.78, 5) is 17.4. The van der Waals surface area contributed by atoms with Crippen LogP contribution in [0.3, 0.4) is 0 Å². The van der Waals surface area contributed by atoms with Crippen LogP contribution in [-0.4, -0.2) is 41.9 Å². The highest BCUT2D eigenvalue weighted by Crippen LogP contribution is 2.30. The van der Waals surface area contributed by atoms with E-state index in [2.05, 4.69) is 33.0 Å². The standard InChI is InChI=1S/C21H38N2O2S.C2H6/c1-8-11-22-18(20(3,4)5)14-16(2)23-19(24)21(6,7)26-15-17-9-12-25-13-10-17;1-2/h14,17H,8-13,15H2,1-7H3,(H,23,24);1-2H3/b16-14+,22-18?;. The van der Waals surface area contributed by atoms with Gasteiger partial charge in [0.05, 0.1) is 4.75 Å². The fraction of sp³-hybridized carbons (Fsp3) is 0.826. The molecule has 0 unspecified atom stereocenters. The van der Waals surface area contributed by atoms with Gasteiger partial charge in [-0.2, -0.15) is 0 Å². The lowest BCUT2D eigenvalue weighted by Crippen LogP contribution is -2.40. The molecule has 1 N–H and O–H groups in total. The Hall–Kier alpha value is -0.810. The Bertz CT molecular complexity index is 513. The van der Waals surface area contributed by atoms with Gasteiger partial charge in [-0.15, -0.1) is 11.8 Å². The molecule has 0 aromatic rings. The first-order valence-electron chi connectivity index (χ1n) is 10.8. The smallest absolute Gasteiger partial charge is 0.239 e. The molecule has 0 aliphatic carbocycles. The van der Waals surface area contributed by atoms with Crippen LogP contribution in [0.15, 0.2) is 16.8 Å². The normalized spacial score (nSPS) is 17.0. The maximum Gasteiger partial charge on any atom is 0.239 e. The molecule has 1 heterocycles. The van der Waals surface area contributed by atoms with Gasteiger partial charge in [-0.05, 0) is 57.8 Å². The molecule has 0 aromatic carbocycles. The van der Waals surface area contributed by atoms with Crippen molar-refractivity contribution in [1.29, 1.82) is 0 Å². The maximum absolute atomic E-state index is 12.8. The van der Waals surface area contributed by atoms with Crippen molar-refractivity contribution in [3.63, 3.8) is 0 Å². The minimum Gasteiger partial charge on any atom is -0.381 e. The molecule has 1 amide bonds. The second-order valence-electron chi connectivity index (χ2n) is 8.68. The number of thioether (sulfide) groups is 1. The lowest BCUT2D eigenvalue weighted by molar-refractivity contribution is -0.121. The Morgan fingerprint density at radius 3 is 2.25 bits per heavy atom. The fourth-order valence-electron chi connectivity index (χ4n) is 2.61. The van der Waals surface area contributed by atoms with Crippen LogP contribution >= 0.6 is 11.8 Å². The second kappa shape index (κ2) is 13.4. The SMILES string of the molecule is CC.CCCN=C(/C=C(\C)NC(=O)C(C)(C)SCC1CCOCC1)C(C)(C)C. The molecule has 4 nitrogen and oxygen atoms in total. The number of carbonyl (C=O) groups excluding carboxylic acids is 1. The van der Waals surface area contributed by atoms with Crippen molar-refractivity contribution in [2.75, 3.05) is 25.5 Å². The Balaban J connectivity index is 0.00000352. The molecule has 0 saturated carbocycles. The van der Waals surface area contributed by atoms with E-state index in [0.29, 0.717) is 5.92 Å². The first kappa shape index (κ1) is 27.2. The summed E-state index contributed by atoms with van der Waals surface area (Å²) in [5, 5.41) is 3.08. The molecule has 1 fully saturated rings. The summed E-state index contributed by atoms with van der Waals surface area (Å²) in [6, 6.07) is 0. The highest BCUT2D eigenvalue weighted by molar-refractivity contribution is 8.01. The van der Waals surface area contributed by atoms with Crippen LogP contribution < -0.4 is 5.32 Å². The molecule has 28 heavy (non-hydrogen) atoms. The van der Waals surface area contributed by atoms with E-state index in [1.165, 1.54) is 0 Å².